The first-order valence-corrected chi connectivity index (χ1v) is 4.71. The molecule has 2 aromatic heterocycles. The van der Waals surface area contributed by atoms with Crippen molar-refractivity contribution in [2.45, 2.75) is 13.5 Å². The second-order valence-corrected chi connectivity index (χ2v) is 3.40. The maximum absolute atomic E-state index is 10.7. The summed E-state index contributed by atoms with van der Waals surface area (Å²) in [5, 5.41) is 19.8. The molecule has 0 aromatic carbocycles. The monoisotopic (exact) mass is 222 g/mol. The topological polar surface area (TPSA) is 94.0 Å². The van der Waals surface area contributed by atoms with E-state index in [2.05, 4.69) is 15.5 Å². The third-order valence-electron chi connectivity index (χ3n) is 2.14. The molecule has 0 spiro atoms. The molecule has 2 heterocycles. The van der Waals surface area contributed by atoms with Gasteiger partial charge in [-0.25, -0.2) is 4.68 Å². The minimum Gasteiger partial charge on any atom is -0.481 e. The number of carboxylic acid groups (broad SMARTS) is 1. The number of hydrogen-bond donors (Lipinski definition) is 1. The van der Waals surface area contributed by atoms with Gasteiger partial charge >= 0.3 is 5.97 Å². The van der Waals surface area contributed by atoms with E-state index in [1.165, 1.54) is 10.9 Å². The highest BCUT2D eigenvalue weighted by Crippen LogP contribution is 2.16. The van der Waals surface area contributed by atoms with Crippen LogP contribution in [0.5, 0.6) is 0 Å². The lowest BCUT2D eigenvalue weighted by Gasteiger charge is -2.06. The van der Waals surface area contributed by atoms with Gasteiger partial charge in [-0.3, -0.25) is 4.79 Å². The van der Waals surface area contributed by atoms with Crippen molar-refractivity contribution in [3.63, 3.8) is 0 Å². The van der Waals surface area contributed by atoms with Crippen molar-refractivity contribution in [1.29, 1.82) is 0 Å². The van der Waals surface area contributed by atoms with Crippen molar-refractivity contribution in [1.82, 2.24) is 20.2 Å². The van der Waals surface area contributed by atoms with Gasteiger partial charge in [0.15, 0.2) is 5.76 Å². The number of aromatic nitrogens is 4. The average molecular weight is 222 g/mol. The average Bonchev–Trinajstić information content (AvgIpc) is 2.85. The van der Waals surface area contributed by atoms with E-state index < -0.39 is 11.9 Å². The molecule has 0 saturated heterocycles. The highest BCUT2D eigenvalue weighted by Gasteiger charge is 2.17. The number of carbonyl (C=O) groups is 1. The molecule has 0 saturated carbocycles. The van der Waals surface area contributed by atoms with Gasteiger partial charge < -0.3 is 9.52 Å². The zero-order chi connectivity index (χ0) is 11.5. The number of rotatable bonds is 4. The van der Waals surface area contributed by atoms with E-state index in [0.717, 1.165) is 0 Å². The van der Waals surface area contributed by atoms with Gasteiger partial charge in [0, 0.05) is 0 Å². The standard InChI is InChI=1S/C9H10N4O3/c1-6(9(14)15)5-13-8(10-11-12-13)7-3-2-4-16-7/h2-4,6H,5H2,1H3,(H,14,15). The fourth-order valence-corrected chi connectivity index (χ4v) is 1.25. The smallest absolute Gasteiger partial charge is 0.308 e. The van der Waals surface area contributed by atoms with Crippen LogP contribution in [-0.2, 0) is 11.3 Å². The molecule has 7 nitrogen and oxygen atoms in total. The minimum absolute atomic E-state index is 0.207. The Morgan fingerprint density at radius 1 is 1.69 bits per heavy atom. The summed E-state index contributed by atoms with van der Waals surface area (Å²) in [6.07, 6.45) is 1.51. The predicted molar refractivity (Wildman–Crippen MR) is 52.3 cm³/mol. The molecule has 0 radical (unpaired) electrons. The molecule has 84 valence electrons. The molecule has 0 amide bonds. The van der Waals surface area contributed by atoms with Crippen LogP contribution in [0.4, 0.5) is 0 Å². The van der Waals surface area contributed by atoms with Crippen molar-refractivity contribution in [2.75, 3.05) is 0 Å². The first-order chi connectivity index (χ1) is 7.68. The van der Waals surface area contributed by atoms with E-state index >= 15 is 0 Å². The minimum atomic E-state index is -0.888. The Hall–Kier alpha value is -2.18. The Morgan fingerprint density at radius 2 is 2.50 bits per heavy atom. The SMILES string of the molecule is CC(Cn1nnnc1-c1ccco1)C(=O)O. The Balaban J connectivity index is 2.23. The third kappa shape index (κ3) is 1.92. The summed E-state index contributed by atoms with van der Waals surface area (Å²) >= 11 is 0. The lowest BCUT2D eigenvalue weighted by molar-refractivity contribution is -0.141. The van der Waals surface area contributed by atoms with Gasteiger partial charge in [0.05, 0.1) is 18.7 Å². The van der Waals surface area contributed by atoms with E-state index in [-0.39, 0.29) is 6.54 Å². The van der Waals surface area contributed by atoms with Crippen LogP contribution < -0.4 is 0 Å². The Labute approximate surface area is 90.7 Å². The van der Waals surface area contributed by atoms with Crippen LogP contribution >= 0.6 is 0 Å². The van der Waals surface area contributed by atoms with Crippen LogP contribution in [0.1, 0.15) is 6.92 Å². The molecule has 0 aliphatic heterocycles. The Bertz CT molecular complexity index is 477. The van der Waals surface area contributed by atoms with Gasteiger partial charge in [-0.15, -0.1) is 5.10 Å². The number of tetrazole rings is 1. The van der Waals surface area contributed by atoms with Crippen molar-refractivity contribution in [3.8, 4) is 11.6 Å². The number of aliphatic carboxylic acids is 1. The predicted octanol–water partition coefficient (Wildman–Crippen LogP) is 0.654. The normalized spacial score (nSPS) is 12.6. The number of carboxylic acids is 1. The number of hydrogen-bond acceptors (Lipinski definition) is 5. The highest BCUT2D eigenvalue weighted by atomic mass is 16.4. The molecule has 2 aromatic rings. The summed E-state index contributed by atoms with van der Waals surface area (Å²) in [5.74, 6) is -0.501. The molecule has 0 bridgehead atoms. The molecule has 7 heteroatoms. The van der Waals surface area contributed by atoms with Gasteiger partial charge in [0.1, 0.15) is 0 Å². The van der Waals surface area contributed by atoms with Gasteiger partial charge in [0.2, 0.25) is 5.82 Å². The first kappa shape index (κ1) is 10.3. The van der Waals surface area contributed by atoms with E-state index in [0.29, 0.717) is 11.6 Å². The molecule has 0 aliphatic carbocycles. The van der Waals surface area contributed by atoms with Crippen molar-refractivity contribution >= 4 is 5.97 Å². The lowest BCUT2D eigenvalue weighted by atomic mass is 10.2. The quantitative estimate of drug-likeness (QED) is 0.816. The third-order valence-corrected chi connectivity index (χ3v) is 2.14. The molecule has 1 N–H and O–H groups in total. The Morgan fingerprint density at radius 3 is 3.12 bits per heavy atom. The summed E-state index contributed by atoms with van der Waals surface area (Å²) in [6, 6.07) is 3.43. The molecule has 2 rings (SSSR count). The van der Waals surface area contributed by atoms with Gasteiger partial charge in [-0.2, -0.15) is 0 Å². The second-order valence-electron chi connectivity index (χ2n) is 3.40. The zero-order valence-corrected chi connectivity index (χ0v) is 8.57. The van der Waals surface area contributed by atoms with Crippen LogP contribution in [0, 0.1) is 5.92 Å². The van der Waals surface area contributed by atoms with Crippen molar-refractivity contribution in [2.24, 2.45) is 5.92 Å². The molecule has 0 aliphatic rings. The fourth-order valence-electron chi connectivity index (χ4n) is 1.25. The molecule has 1 unspecified atom stereocenters. The van der Waals surface area contributed by atoms with Crippen molar-refractivity contribution in [3.05, 3.63) is 18.4 Å². The molecule has 1 atom stereocenters. The van der Waals surface area contributed by atoms with Crippen molar-refractivity contribution < 1.29 is 14.3 Å². The van der Waals surface area contributed by atoms with E-state index in [1.807, 2.05) is 0 Å². The maximum atomic E-state index is 10.7. The molecule has 16 heavy (non-hydrogen) atoms. The van der Waals surface area contributed by atoms with Crippen LogP contribution in [0.15, 0.2) is 22.8 Å². The van der Waals surface area contributed by atoms with Gasteiger partial charge in [0.25, 0.3) is 0 Å². The summed E-state index contributed by atoms with van der Waals surface area (Å²) in [6.45, 7) is 1.80. The summed E-state index contributed by atoms with van der Waals surface area (Å²) in [4.78, 5) is 10.7. The van der Waals surface area contributed by atoms with E-state index in [1.54, 1.807) is 19.1 Å². The van der Waals surface area contributed by atoms with E-state index in [9.17, 15) is 4.79 Å². The largest absolute Gasteiger partial charge is 0.481 e. The lowest BCUT2D eigenvalue weighted by Crippen LogP contribution is -2.18. The van der Waals surface area contributed by atoms with Crippen LogP contribution in [0.25, 0.3) is 11.6 Å². The maximum Gasteiger partial charge on any atom is 0.308 e. The summed E-state index contributed by atoms with van der Waals surface area (Å²) in [7, 11) is 0. The highest BCUT2D eigenvalue weighted by molar-refractivity contribution is 5.69. The summed E-state index contributed by atoms with van der Waals surface area (Å²) in [5.41, 5.74) is 0. The molecule has 0 fully saturated rings. The van der Waals surface area contributed by atoms with Gasteiger partial charge in [-0.05, 0) is 22.6 Å². The fraction of sp³-hybridized carbons (Fsp3) is 0.333. The summed E-state index contributed by atoms with van der Waals surface area (Å²) < 4.78 is 6.56. The number of furan rings is 1. The van der Waals surface area contributed by atoms with Crippen LogP contribution in [0.3, 0.4) is 0 Å². The first-order valence-electron chi connectivity index (χ1n) is 4.71. The molecular formula is C9H10N4O3. The molecular weight excluding hydrogens is 212 g/mol. The van der Waals surface area contributed by atoms with Crippen LogP contribution in [-0.4, -0.2) is 31.3 Å². The zero-order valence-electron chi connectivity index (χ0n) is 8.57. The van der Waals surface area contributed by atoms with E-state index in [4.69, 9.17) is 9.52 Å². The number of nitrogens with zero attached hydrogens (tertiary/aromatic N) is 4. The second kappa shape index (κ2) is 4.13. The van der Waals surface area contributed by atoms with Crippen LogP contribution in [0.2, 0.25) is 0 Å². The van der Waals surface area contributed by atoms with Gasteiger partial charge in [-0.1, -0.05) is 6.92 Å². The Kier molecular flexibility index (Phi) is 2.67.